The molecule has 0 unspecified atom stereocenters. The number of nitrogens with two attached hydrogens (primary N) is 1. The number of ether oxygens (including phenoxy) is 1. The summed E-state index contributed by atoms with van der Waals surface area (Å²) in [4.78, 5) is 19.2. The quantitative estimate of drug-likeness (QED) is 0.507. The van der Waals surface area contributed by atoms with Crippen molar-refractivity contribution in [2.75, 3.05) is 32.0 Å². The van der Waals surface area contributed by atoms with Crippen molar-refractivity contribution in [1.29, 1.82) is 0 Å². The van der Waals surface area contributed by atoms with Gasteiger partial charge in [-0.25, -0.2) is 23.9 Å². The van der Waals surface area contributed by atoms with Crippen molar-refractivity contribution in [3.8, 4) is 28.5 Å². The van der Waals surface area contributed by atoms with Crippen molar-refractivity contribution >= 4 is 11.6 Å². The number of hydrogen-bond donors (Lipinski definition) is 1. The Labute approximate surface area is 177 Å². The number of aromatic nitrogens is 6. The van der Waals surface area contributed by atoms with E-state index in [0.29, 0.717) is 29.4 Å². The van der Waals surface area contributed by atoms with Crippen molar-refractivity contribution in [3.05, 3.63) is 48.7 Å². The first-order valence-electron chi connectivity index (χ1n) is 10.1. The highest BCUT2D eigenvalue weighted by Gasteiger charge is 2.19. The molecule has 4 aromatic heterocycles. The minimum atomic E-state index is -0.505. The van der Waals surface area contributed by atoms with Crippen molar-refractivity contribution in [1.82, 2.24) is 34.4 Å². The normalized spacial score (nSPS) is 14.4. The second-order valence-electron chi connectivity index (χ2n) is 7.31. The van der Waals surface area contributed by atoms with Crippen molar-refractivity contribution in [2.24, 2.45) is 0 Å². The summed E-state index contributed by atoms with van der Waals surface area (Å²) in [5.74, 6) is -0.000963. The molecule has 1 saturated heterocycles. The summed E-state index contributed by atoms with van der Waals surface area (Å²) in [6.45, 7) is 3.65. The number of nitrogens with zero attached hydrogens (tertiary/aromatic N) is 7. The summed E-state index contributed by atoms with van der Waals surface area (Å²) >= 11 is 0. The van der Waals surface area contributed by atoms with Crippen LogP contribution in [0, 0.1) is 5.82 Å². The highest BCUT2D eigenvalue weighted by atomic mass is 19.1. The van der Waals surface area contributed by atoms with Gasteiger partial charge in [-0.2, -0.15) is 0 Å². The largest absolute Gasteiger partial charge is 0.475 e. The molecule has 0 amide bonds. The lowest BCUT2D eigenvalue weighted by atomic mass is 10.1. The van der Waals surface area contributed by atoms with Gasteiger partial charge in [-0.1, -0.05) is 0 Å². The Morgan fingerprint density at radius 3 is 2.74 bits per heavy atom. The van der Waals surface area contributed by atoms with E-state index in [-0.39, 0.29) is 17.3 Å². The molecule has 4 aromatic rings. The third-order valence-corrected chi connectivity index (χ3v) is 5.26. The zero-order chi connectivity index (χ0) is 21.2. The van der Waals surface area contributed by atoms with Crippen LogP contribution in [-0.2, 0) is 0 Å². The second-order valence-corrected chi connectivity index (χ2v) is 7.31. The lowest BCUT2D eigenvalue weighted by molar-refractivity contribution is 0.230. The van der Waals surface area contributed by atoms with Crippen LogP contribution < -0.4 is 10.5 Å². The molecule has 0 aliphatic carbocycles. The summed E-state index contributed by atoms with van der Waals surface area (Å²) < 4.78 is 21.9. The summed E-state index contributed by atoms with van der Waals surface area (Å²) in [6.07, 6.45) is 7.14. The third kappa shape index (κ3) is 3.89. The maximum atomic E-state index is 14.4. The molecule has 0 atom stereocenters. The van der Waals surface area contributed by atoms with Gasteiger partial charge >= 0.3 is 0 Å². The van der Waals surface area contributed by atoms with E-state index in [0.717, 1.165) is 19.6 Å². The molecule has 10 heteroatoms. The number of hydrogen-bond acceptors (Lipinski definition) is 8. The van der Waals surface area contributed by atoms with E-state index in [2.05, 4.69) is 29.9 Å². The number of fused-ring (bicyclic) bond motifs is 1. The summed E-state index contributed by atoms with van der Waals surface area (Å²) in [5, 5.41) is 4.57. The number of imidazole rings is 1. The van der Waals surface area contributed by atoms with Crippen LogP contribution in [-0.4, -0.2) is 60.7 Å². The van der Waals surface area contributed by atoms with E-state index in [1.807, 2.05) is 6.07 Å². The molecule has 1 aliphatic rings. The summed E-state index contributed by atoms with van der Waals surface area (Å²) in [7, 11) is 0. The Balaban J connectivity index is 1.50. The Hall–Kier alpha value is -3.66. The average molecular weight is 420 g/mol. The molecular weight excluding hydrogens is 399 g/mol. The smallest absolute Gasteiger partial charge is 0.231 e. The van der Waals surface area contributed by atoms with E-state index < -0.39 is 5.82 Å². The molecule has 5 heterocycles. The monoisotopic (exact) mass is 420 g/mol. The molecule has 1 fully saturated rings. The topological polar surface area (TPSA) is 107 Å². The van der Waals surface area contributed by atoms with Crippen molar-refractivity contribution in [3.63, 3.8) is 0 Å². The van der Waals surface area contributed by atoms with Crippen LogP contribution in [0.3, 0.4) is 0 Å². The molecule has 158 valence electrons. The number of rotatable bonds is 6. The molecule has 0 aromatic carbocycles. The lowest BCUT2D eigenvalue weighted by Crippen LogP contribution is -2.25. The molecule has 2 N–H and O–H groups in total. The van der Waals surface area contributed by atoms with Crippen LogP contribution in [0.5, 0.6) is 5.88 Å². The number of halogens is 1. The van der Waals surface area contributed by atoms with Crippen LogP contribution in [0.1, 0.15) is 12.8 Å². The number of pyridine rings is 1. The third-order valence-electron chi connectivity index (χ3n) is 5.26. The minimum absolute atomic E-state index is 0.0246. The molecule has 1 aliphatic heterocycles. The van der Waals surface area contributed by atoms with E-state index in [4.69, 9.17) is 10.5 Å². The molecule has 0 saturated carbocycles. The van der Waals surface area contributed by atoms with E-state index in [1.54, 1.807) is 16.8 Å². The van der Waals surface area contributed by atoms with Crippen molar-refractivity contribution in [2.45, 2.75) is 12.8 Å². The fraction of sp³-hybridized carbons (Fsp3) is 0.286. The first-order valence-corrected chi connectivity index (χ1v) is 10.1. The number of nitrogen functional groups attached to an aromatic ring is 1. The average Bonchev–Trinajstić information content (AvgIpc) is 3.44. The Bertz CT molecular complexity index is 1220. The first-order chi connectivity index (χ1) is 15.2. The van der Waals surface area contributed by atoms with Crippen LogP contribution in [0.2, 0.25) is 0 Å². The predicted octanol–water partition coefficient (Wildman–Crippen LogP) is 2.44. The number of anilines is 1. The van der Waals surface area contributed by atoms with Crippen LogP contribution >= 0.6 is 0 Å². The zero-order valence-electron chi connectivity index (χ0n) is 16.8. The Morgan fingerprint density at radius 1 is 1.03 bits per heavy atom. The fourth-order valence-corrected chi connectivity index (χ4v) is 3.73. The first kappa shape index (κ1) is 19.3. The Kier molecular flexibility index (Phi) is 5.13. The molecule has 9 nitrogen and oxygen atoms in total. The molecular formula is C21H21FN8O. The van der Waals surface area contributed by atoms with Crippen LogP contribution in [0.4, 0.5) is 10.3 Å². The van der Waals surface area contributed by atoms with Gasteiger partial charge in [0.2, 0.25) is 11.8 Å². The van der Waals surface area contributed by atoms with Gasteiger partial charge in [0.05, 0.1) is 11.9 Å². The molecule has 5 rings (SSSR count). The van der Waals surface area contributed by atoms with E-state index >= 15 is 0 Å². The van der Waals surface area contributed by atoms with Gasteiger partial charge < -0.3 is 10.5 Å². The van der Waals surface area contributed by atoms with Gasteiger partial charge in [0, 0.05) is 30.6 Å². The van der Waals surface area contributed by atoms with Gasteiger partial charge in [-0.15, -0.1) is 5.10 Å². The fourth-order valence-electron chi connectivity index (χ4n) is 3.73. The summed E-state index contributed by atoms with van der Waals surface area (Å²) in [5.41, 5.74) is 7.85. The van der Waals surface area contributed by atoms with E-state index in [1.165, 1.54) is 37.4 Å². The maximum Gasteiger partial charge on any atom is 0.231 e. The molecule has 0 radical (unpaired) electrons. The second kappa shape index (κ2) is 8.23. The Morgan fingerprint density at radius 2 is 1.90 bits per heavy atom. The predicted molar refractivity (Wildman–Crippen MR) is 113 cm³/mol. The zero-order valence-corrected chi connectivity index (χ0v) is 16.8. The van der Waals surface area contributed by atoms with Crippen LogP contribution in [0.25, 0.3) is 28.3 Å². The maximum absolute atomic E-state index is 14.4. The molecule has 0 bridgehead atoms. The lowest BCUT2D eigenvalue weighted by Gasteiger charge is -2.14. The van der Waals surface area contributed by atoms with Crippen LogP contribution in [0.15, 0.2) is 42.9 Å². The van der Waals surface area contributed by atoms with Gasteiger partial charge in [0.1, 0.15) is 18.0 Å². The van der Waals surface area contributed by atoms with Gasteiger partial charge in [-0.3, -0.25) is 9.88 Å². The van der Waals surface area contributed by atoms with E-state index in [9.17, 15) is 4.39 Å². The van der Waals surface area contributed by atoms with Gasteiger partial charge in [0.15, 0.2) is 11.5 Å². The highest BCUT2D eigenvalue weighted by molar-refractivity contribution is 5.78. The minimum Gasteiger partial charge on any atom is -0.475 e. The highest BCUT2D eigenvalue weighted by Crippen LogP contribution is 2.31. The molecule has 0 spiro atoms. The molecule has 31 heavy (non-hydrogen) atoms. The van der Waals surface area contributed by atoms with Gasteiger partial charge in [-0.05, 0) is 44.1 Å². The van der Waals surface area contributed by atoms with Gasteiger partial charge in [0.25, 0.3) is 0 Å². The number of likely N-dealkylation sites (tertiary alicyclic amines) is 1. The standard InChI is InChI=1S/C21H21FN8O/c22-15-4-3-7-24-20(15)19-14(12-26-21(23)27-19)16-13-25-17-5-6-18(28-30(16)17)31-11-10-29-8-1-2-9-29/h3-7,12-13H,1-2,8-11H2,(H2,23,26,27). The SMILES string of the molecule is Nc1ncc(-c2cnc3ccc(OCCN4CCCC4)nn23)c(-c2ncccc2F)n1. The summed E-state index contributed by atoms with van der Waals surface area (Å²) in [6, 6.07) is 6.45. The van der Waals surface area contributed by atoms with Crippen molar-refractivity contribution < 1.29 is 9.13 Å².